The predicted molar refractivity (Wildman–Crippen MR) is 106 cm³/mol. The molecule has 1 amide bonds. The van der Waals surface area contributed by atoms with Gasteiger partial charge in [0.15, 0.2) is 5.13 Å². The van der Waals surface area contributed by atoms with Crippen LogP contribution in [0.5, 0.6) is 0 Å². The van der Waals surface area contributed by atoms with Crippen molar-refractivity contribution in [3.63, 3.8) is 0 Å². The molecule has 3 rings (SSSR count). The fourth-order valence-corrected chi connectivity index (χ4v) is 3.78. The maximum Gasteiger partial charge on any atom is 0.260 e. The van der Waals surface area contributed by atoms with Crippen LogP contribution in [0.4, 0.5) is 9.52 Å². The van der Waals surface area contributed by atoms with Gasteiger partial charge in [-0.25, -0.2) is 9.37 Å². The van der Waals surface area contributed by atoms with Crippen LogP contribution in [0.2, 0.25) is 0 Å². The van der Waals surface area contributed by atoms with Gasteiger partial charge in [0.05, 0.1) is 10.2 Å². The van der Waals surface area contributed by atoms with E-state index in [1.165, 1.54) is 23.5 Å². The lowest BCUT2D eigenvalue weighted by Crippen LogP contribution is -2.33. The van der Waals surface area contributed by atoms with Gasteiger partial charge in [0.25, 0.3) is 5.91 Å². The van der Waals surface area contributed by atoms with Gasteiger partial charge in [-0.2, -0.15) is 0 Å². The zero-order chi connectivity index (χ0) is 18.7. The highest BCUT2D eigenvalue weighted by molar-refractivity contribution is 7.22. The fraction of sp³-hybridized carbons (Fsp3) is 0.300. The molecule has 0 aliphatic rings. The zero-order valence-electron chi connectivity index (χ0n) is 15.2. The lowest BCUT2D eigenvalue weighted by atomic mass is 10.1. The summed E-state index contributed by atoms with van der Waals surface area (Å²) in [6.07, 6.45) is 0.828. The number of hydrogen-bond donors (Lipinski definition) is 0. The Kier molecular flexibility index (Phi) is 5.64. The number of aromatic nitrogens is 1. The van der Waals surface area contributed by atoms with E-state index in [0.717, 1.165) is 23.2 Å². The van der Waals surface area contributed by atoms with Crippen molar-refractivity contribution < 1.29 is 9.18 Å². The third-order valence-corrected chi connectivity index (χ3v) is 5.11. The number of halogens is 1. The molecule has 1 heterocycles. The van der Waals surface area contributed by atoms with E-state index in [9.17, 15) is 9.18 Å². The molecule has 2 aromatic carbocycles. The van der Waals surface area contributed by atoms with Crippen LogP contribution in [0.25, 0.3) is 10.2 Å². The summed E-state index contributed by atoms with van der Waals surface area (Å²) >= 11 is 1.35. The molecule has 1 aromatic heterocycles. The smallest absolute Gasteiger partial charge is 0.260 e. The molecule has 0 fully saturated rings. The average Bonchev–Trinajstić information content (AvgIpc) is 3.00. The Bertz CT molecular complexity index is 922. The van der Waals surface area contributed by atoms with Crippen LogP contribution in [-0.4, -0.2) is 43.0 Å². The van der Waals surface area contributed by atoms with Crippen molar-refractivity contribution in [3.05, 3.63) is 59.4 Å². The highest BCUT2D eigenvalue weighted by atomic mass is 32.1. The number of amides is 1. The first-order valence-corrected chi connectivity index (χ1v) is 9.35. The minimum Gasteiger partial charge on any atom is -0.309 e. The number of thiazole rings is 1. The van der Waals surface area contributed by atoms with Crippen molar-refractivity contribution in [1.29, 1.82) is 0 Å². The lowest BCUT2D eigenvalue weighted by molar-refractivity contribution is 0.0986. The van der Waals surface area contributed by atoms with Gasteiger partial charge in [-0.05, 0) is 64.3 Å². The highest BCUT2D eigenvalue weighted by Gasteiger charge is 2.21. The summed E-state index contributed by atoms with van der Waals surface area (Å²) in [5, 5.41) is 0.607. The normalized spacial score (nSPS) is 11.3. The molecular weight excluding hydrogens is 349 g/mol. The SMILES string of the molecule is Cc1cccc(C(=O)N(CCCN(C)C)c2nc3ccc(F)cc3s2)c1. The van der Waals surface area contributed by atoms with E-state index >= 15 is 0 Å². The minimum atomic E-state index is -0.295. The van der Waals surface area contributed by atoms with Crippen LogP contribution in [0.15, 0.2) is 42.5 Å². The van der Waals surface area contributed by atoms with E-state index in [0.29, 0.717) is 22.8 Å². The molecule has 0 bridgehead atoms. The van der Waals surface area contributed by atoms with Crippen LogP contribution >= 0.6 is 11.3 Å². The topological polar surface area (TPSA) is 36.4 Å². The van der Waals surface area contributed by atoms with Gasteiger partial charge in [-0.15, -0.1) is 0 Å². The number of benzene rings is 2. The summed E-state index contributed by atoms with van der Waals surface area (Å²) in [5.41, 5.74) is 2.39. The van der Waals surface area contributed by atoms with E-state index in [1.807, 2.05) is 45.3 Å². The van der Waals surface area contributed by atoms with E-state index in [1.54, 1.807) is 11.0 Å². The number of hydrogen-bond acceptors (Lipinski definition) is 4. The number of carbonyl (C=O) groups is 1. The van der Waals surface area contributed by atoms with E-state index in [2.05, 4.69) is 9.88 Å². The first-order chi connectivity index (χ1) is 12.4. The first-order valence-electron chi connectivity index (χ1n) is 8.53. The second kappa shape index (κ2) is 7.93. The summed E-state index contributed by atoms with van der Waals surface area (Å²) < 4.78 is 14.2. The molecule has 0 saturated carbocycles. The highest BCUT2D eigenvalue weighted by Crippen LogP contribution is 2.30. The number of fused-ring (bicyclic) bond motifs is 1. The second-order valence-corrected chi connectivity index (χ2v) is 7.60. The Morgan fingerprint density at radius 1 is 1.15 bits per heavy atom. The summed E-state index contributed by atoms with van der Waals surface area (Å²) in [4.78, 5) is 21.5. The molecule has 26 heavy (non-hydrogen) atoms. The molecule has 6 heteroatoms. The van der Waals surface area contributed by atoms with Crippen molar-refractivity contribution in [2.24, 2.45) is 0 Å². The molecule has 0 aliphatic heterocycles. The van der Waals surface area contributed by atoms with Gasteiger partial charge in [0, 0.05) is 12.1 Å². The maximum absolute atomic E-state index is 13.5. The van der Waals surface area contributed by atoms with Crippen molar-refractivity contribution >= 4 is 32.6 Å². The lowest BCUT2D eigenvalue weighted by Gasteiger charge is -2.21. The molecule has 0 atom stereocenters. The number of anilines is 1. The van der Waals surface area contributed by atoms with Crippen molar-refractivity contribution in [3.8, 4) is 0 Å². The van der Waals surface area contributed by atoms with Crippen LogP contribution in [-0.2, 0) is 0 Å². The van der Waals surface area contributed by atoms with Crippen molar-refractivity contribution in [1.82, 2.24) is 9.88 Å². The van der Waals surface area contributed by atoms with Crippen LogP contribution in [0.3, 0.4) is 0 Å². The Balaban J connectivity index is 1.94. The van der Waals surface area contributed by atoms with Crippen LogP contribution < -0.4 is 4.90 Å². The molecular formula is C20H22FN3OS. The molecule has 136 valence electrons. The summed E-state index contributed by atoms with van der Waals surface area (Å²) in [7, 11) is 4.01. The van der Waals surface area contributed by atoms with Gasteiger partial charge in [0.2, 0.25) is 0 Å². The number of nitrogens with zero attached hydrogens (tertiary/aromatic N) is 3. The molecule has 0 radical (unpaired) electrons. The fourth-order valence-electron chi connectivity index (χ4n) is 2.76. The molecule has 0 unspecified atom stereocenters. The average molecular weight is 371 g/mol. The van der Waals surface area contributed by atoms with Crippen molar-refractivity contribution in [2.45, 2.75) is 13.3 Å². The van der Waals surface area contributed by atoms with E-state index in [-0.39, 0.29) is 11.7 Å². The van der Waals surface area contributed by atoms with Crippen LogP contribution in [0, 0.1) is 12.7 Å². The van der Waals surface area contributed by atoms with Gasteiger partial charge >= 0.3 is 0 Å². The standard InChI is InChI=1S/C20H22FN3OS/c1-14-6-4-7-15(12-14)19(25)24(11-5-10-23(2)3)20-22-17-9-8-16(21)13-18(17)26-20/h4,6-9,12-13H,5,10-11H2,1-3H3. The summed E-state index contributed by atoms with van der Waals surface area (Å²) in [6, 6.07) is 12.1. The van der Waals surface area contributed by atoms with Gasteiger partial charge < -0.3 is 4.90 Å². The Morgan fingerprint density at radius 2 is 1.96 bits per heavy atom. The molecule has 3 aromatic rings. The molecule has 0 saturated heterocycles. The zero-order valence-corrected chi connectivity index (χ0v) is 16.0. The van der Waals surface area contributed by atoms with Crippen molar-refractivity contribution in [2.75, 3.05) is 32.1 Å². The first kappa shape index (κ1) is 18.5. The third-order valence-electron chi connectivity index (χ3n) is 4.07. The molecule has 4 nitrogen and oxygen atoms in total. The minimum absolute atomic E-state index is 0.0769. The Morgan fingerprint density at radius 3 is 2.69 bits per heavy atom. The van der Waals surface area contributed by atoms with Crippen LogP contribution in [0.1, 0.15) is 22.3 Å². The monoisotopic (exact) mass is 371 g/mol. The summed E-state index contributed by atoms with van der Waals surface area (Å²) in [6.45, 7) is 3.40. The quantitative estimate of drug-likeness (QED) is 0.647. The predicted octanol–water partition coefficient (Wildman–Crippen LogP) is 4.34. The van der Waals surface area contributed by atoms with E-state index < -0.39 is 0 Å². The number of rotatable bonds is 6. The molecule has 0 spiro atoms. The Labute approximate surface area is 156 Å². The van der Waals surface area contributed by atoms with Gasteiger partial charge in [-0.1, -0.05) is 29.0 Å². The Hall–Kier alpha value is -2.31. The van der Waals surface area contributed by atoms with Gasteiger partial charge in [-0.3, -0.25) is 9.69 Å². The molecule has 0 aliphatic carbocycles. The number of carbonyl (C=O) groups excluding carboxylic acids is 1. The summed E-state index contributed by atoms with van der Waals surface area (Å²) in [5.74, 6) is -0.371. The third kappa shape index (κ3) is 4.26. The maximum atomic E-state index is 13.5. The van der Waals surface area contributed by atoms with Gasteiger partial charge in [0.1, 0.15) is 5.82 Å². The number of aryl methyl sites for hydroxylation is 1. The van der Waals surface area contributed by atoms with E-state index in [4.69, 9.17) is 0 Å². The largest absolute Gasteiger partial charge is 0.309 e. The second-order valence-electron chi connectivity index (χ2n) is 6.59. The molecule has 0 N–H and O–H groups in total.